The quantitative estimate of drug-likeness (QED) is 0.817. The molecular formula is C14H17ClFNO. The summed E-state index contributed by atoms with van der Waals surface area (Å²) in [6, 6.07) is 4.42. The van der Waals surface area contributed by atoms with Gasteiger partial charge in [-0.3, -0.25) is 4.79 Å². The number of aryl methyl sites for hydroxylation is 1. The van der Waals surface area contributed by atoms with E-state index in [1.807, 2.05) is 0 Å². The monoisotopic (exact) mass is 269 g/mol. The molecule has 0 bridgehead atoms. The van der Waals surface area contributed by atoms with E-state index >= 15 is 0 Å². The molecule has 0 unspecified atom stereocenters. The molecule has 1 aliphatic carbocycles. The van der Waals surface area contributed by atoms with E-state index in [2.05, 4.69) is 5.32 Å². The standard InChI is InChI=1S/C14H17ClFNO/c1-10-8-11(2-3-12(10)16)13(18)17-9-14(4-5-14)6-7-15/h2-3,8H,4-7,9H2,1H3,(H,17,18). The van der Waals surface area contributed by atoms with Crippen LogP contribution in [0.5, 0.6) is 0 Å². The van der Waals surface area contributed by atoms with Gasteiger partial charge in [0.05, 0.1) is 0 Å². The van der Waals surface area contributed by atoms with Crippen molar-refractivity contribution in [2.75, 3.05) is 12.4 Å². The fourth-order valence-electron chi connectivity index (χ4n) is 2.05. The fourth-order valence-corrected chi connectivity index (χ4v) is 2.45. The Hall–Kier alpha value is -1.09. The smallest absolute Gasteiger partial charge is 0.251 e. The Morgan fingerprint density at radius 2 is 2.22 bits per heavy atom. The molecule has 0 radical (unpaired) electrons. The van der Waals surface area contributed by atoms with E-state index in [1.165, 1.54) is 12.1 Å². The number of carbonyl (C=O) groups excluding carboxylic acids is 1. The van der Waals surface area contributed by atoms with E-state index in [4.69, 9.17) is 11.6 Å². The molecule has 0 atom stereocenters. The van der Waals surface area contributed by atoms with Crippen molar-refractivity contribution in [2.24, 2.45) is 5.41 Å². The number of benzene rings is 1. The van der Waals surface area contributed by atoms with Crippen molar-refractivity contribution in [3.05, 3.63) is 35.1 Å². The van der Waals surface area contributed by atoms with Crippen molar-refractivity contribution < 1.29 is 9.18 Å². The van der Waals surface area contributed by atoms with Gasteiger partial charge in [0.2, 0.25) is 0 Å². The predicted octanol–water partition coefficient (Wildman–Crippen LogP) is 3.27. The summed E-state index contributed by atoms with van der Waals surface area (Å²) >= 11 is 5.74. The Kier molecular flexibility index (Phi) is 3.91. The highest BCUT2D eigenvalue weighted by Crippen LogP contribution is 2.48. The van der Waals surface area contributed by atoms with Crippen LogP contribution in [0.15, 0.2) is 18.2 Å². The van der Waals surface area contributed by atoms with Gasteiger partial charge >= 0.3 is 0 Å². The number of rotatable bonds is 5. The van der Waals surface area contributed by atoms with Crippen LogP contribution in [0.3, 0.4) is 0 Å². The number of nitrogens with one attached hydrogen (secondary N) is 1. The zero-order valence-corrected chi connectivity index (χ0v) is 11.2. The predicted molar refractivity (Wildman–Crippen MR) is 70.5 cm³/mol. The van der Waals surface area contributed by atoms with Crippen LogP contribution in [0.4, 0.5) is 4.39 Å². The van der Waals surface area contributed by atoms with Crippen LogP contribution in [0, 0.1) is 18.2 Å². The normalized spacial score (nSPS) is 16.4. The van der Waals surface area contributed by atoms with Crippen LogP contribution in [0.2, 0.25) is 0 Å². The minimum atomic E-state index is -0.285. The molecule has 1 N–H and O–H groups in total. The zero-order valence-electron chi connectivity index (χ0n) is 10.4. The molecule has 1 saturated carbocycles. The van der Waals surface area contributed by atoms with Gasteiger partial charge in [-0.25, -0.2) is 4.39 Å². The third-order valence-electron chi connectivity index (χ3n) is 3.63. The van der Waals surface area contributed by atoms with Gasteiger partial charge in [0, 0.05) is 18.0 Å². The lowest BCUT2D eigenvalue weighted by Crippen LogP contribution is -2.30. The maximum Gasteiger partial charge on any atom is 0.251 e. The number of halogens is 2. The SMILES string of the molecule is Cc1cc(C(=O)NCC2(CCCl)CC2)ccc1F. The molecule has 0 spiro atoms. The van der Waals surface area contributed by atoms with Gasteiger partial charge in [-0.2, -0.15) is 0 Å². The topological polar surface area (TPSA) is 29.1 Å². The van der Waals surface area contributed by atoms with E-state index < -0.39 is 0 Å². The van der Waals surface area contributed by atoms with E-state index in [-0.39, 0.29) is 17.1 Å². The maximum absolute atomic E-state index is 13.1. The first kappa shape index (κ1) is 13.3. The Morgan fingerprint density at radius 1 is 1.50 bits per heavy atom. The molecule has 98 valence electrons. The zero-order chi connectivity index (χ0) is 13.2. The molecule has 2 rings (SSSR count). The van der Waals surface area contributed by atoms with Crippen molar-refractivity contribution in [2.45, 2.75) is 26.2 Å². The Labute approximate surface area is 112 Å². The lowest BCUT2D eigenvalue weighted by molar-refractivity contribution is 0.0944. The lowest BCUT2D eigenvalue weighted by atomic mass is 10.0. The molecule has 1 aromatic rings. The number of hydrogen-bond donors (Lipinski definition) is 1. The Balaban J connectivity index is 1.93. The largest absolute Gasteiger partial charge is 0.351 e. The van der Waals surface area contributed by atoms with Crippen molar-refractivity contribution in [3.8, 4) is 0 Å². The van der Waals surface area contributed by atoms with Crippen LogP contribution in [0.25, 0.3) is 0 Å². The summed E-state index contributed by atoms with van der Waals surface area (Å²) in [5.41, 5.74) is 1.21. The number of amides is 1. The van der Waals surface area contributed by atoms with Gasteiger partial charge in [0.1, 0.15) is 5.82 Å². The van der Waals surface area contributed by atoms with Gasteiger partial charge in [-0.1, -0.05) is 0 Å². The minimum Gasteiger partial charge on any atom is -0.351 e. The molecule has 0 saturated heterocycles. The van der Waals surface area contributed by atoms with Crippen molar-refractivity contribution >= 4 is 17.5 Å². The Bertz CT molecular complexity index is 457. The molecule has 0 heterocycles. The first-order chi connectivity index (χ1) is 8.56. The number of carbonyl (C=O) groups is 1. The van der Waals surface area contributed by atoms with Gasteiger partial charge in [0.25, 0.3) is 5.91 Å². The number of hydrogen-bond acceptors (Lipinski definition) is 1. The Morgan fingerprint density at radius 3 is 2.78 bits per heavy atom. The molecule has 0 aromatic heterocycles. The highest BCUT2D eigenvalue weighted by molar-refractivity contribution is 6.17. The highest BCUT2D eigenvalue weighted by atomic mass is 35.5. The van der Waals surface area contributed by atoms with Crippen LogP contribution < -0.4 is 5.32 Å². The first-order valence-electron chi connectivity index (χ1n) is 6.17. The summed E-state index contributed by atoms with van der Waals surface area (Å²) in [4.78, 5) is 11.9. The summed E-state index contributed by atoms with van der Waals surface area (Å²) in [5, 5.41) is 2.91. The molecule has 1 aromatic carbocycles. The van der Waals surface area contributed by atoms with Gasteiger partial charge in [-0.15, -0.1) is 11.6 Å². The highest BCUT2D eigenvalue weighted by Gasteiger charge is 2.41. The van der Waals surface area contributed by atoms with Gasteiger partial charge in [0.15, 0.2) is 0 Å². The number of alkyl halides is 1. The maximum atomic E-state index is 13.1. The second-order valence-corrected chi connectivity index (χ2v) is 5.46. The molecule has 1 aliphatic rings. The van der Waals surface area contributed by atoms with Crippen molar-refractivity contribution in [1.29, 1.82) is 0 Å². The lowest BCUT2D eigenvalue weighted by Gasteiger charge is -2.14. The fraction of sp³-hybridized carbons (Fsp3) is 0.500. The molecule has 1 amide bonds. The molecule has 18 heavy (non-hydrogen) atoms. The van der Waals surface area contributed by atoms with E-state index in [0.29, 0.717) is 23.6 Å². The summed E-state index contributed by atoms with van der Waals surface area (Å²) in [6.45, 7) is 2.32. The van der Waals surface area contributed by atoms with Crippen LogP contribution in [-0.2, 0) is 0 Å². The summed E-state index contributed by atoms with van der Waals surface area (Å²) in [5.74, 6) is 0.206. The van der Waals surface area contributed by atoms with E-state index in [9.17, 15) is 9.18 Å². The molecular weight excluding hydrogens is 253 g/mol. The van der Waals surface area contributed by atoms with Crippen molar-refractivity contribution in [3.63, 3.8) is 0 Å². The second kappa shape index (κ2) is 5.27. The van der Waals surface area contributed by atoms with Gasteiger partial charge in [-0.05, 0) is 55.4 Å². The molecule has 0 aliphatic heterocycles. The third-order valence-corrected chi connectivity index (χ3v) is 3.81. The summed E-state index contributed by atoms with van der Waals surface area (Å²) in [6.07, 6.45) is 3.20. The average molecular weight is 270 g/mol. The first-order valence-corrected chi connectivity index (χ1v) is 6.70. The van der Waals surface area contributed by atoms with Crippen LogP contribution in [-0.4, -0.2) is 18.3 Å². The van der Waals surface area contributed by atoms with E-state index in [1.54, 1.807) is 13.0 Å². The van der Waals surface area contributed by atoms with Crippen molar-refractivity contribution in [1.82, 2.24) is 5.32 Å². The van der Waals surface area contributed by atoms with E-state index in [0.717, 1.165) is 19.3 Å². The molecule has 2 nitrogen and oxygen atoms in total. The summed E-state index contributed by atoms with van der Waals surface area (Å²) < 4.78 is 13.1. The molecule has 4 heteroatoms. The van der Waals surface area contributed by atoms with Crippen LogP contribution >= 0.6 is 11.6 Å². The molecule has 1 fully saturated rings. The van der Waals surface area contributed by atoms with Gasteiger partial charge < -0.3 is 5.32 Å². The minimum absolute atomic E-state index is 0.140. The third kappa shape index (κ3) is 3.02. The van der Waals surface area contributed by atoms with Crippen LogP contribution in [0.1, 0.15) is 35.2 Å². The second-order valence-electron chi connectivity index (χ2n) is 5.09. The average Bonchev–Trinajstić information content (AvgIpc) is 3.11. The summed E-state index contributed by atoms with van der Waals surface area (Å²) in [7, 11) is 0.